The van der Waals surface area contributed by atoms with E-state index in [1.807, 2.05) is 0 Å². The average molecular weight is 305 g/mol. The Bertz CT molecular complexity index is 440. The standard InChI is InChI=1S/C13H27N3O3S/c1-13(2,3)11(19-5)8-15-12(14-4)16-10-6-7-20(17,18)9-10/h10-11H,6-9H2,1-5H3,(H2,14,15,16). The normalized spacial score (nSPS) is 24.4. The van der Waals surface area contributed by atoms with Crippen molar-refractivity contribution in [3.8, 4) is 0 Å². The molecule has 0 aromatic carbocycles. The lowest BCUT2D eigenvalue weighted by Crippen LogP contribution is -2.48. The van der Waals surface area contributed by atoms with Gasteiger partial charge in [0, 0.05) is 26.7 Å². The van der Waals surface area contributed by atoms with E-state index in [-0.39, 0.29) is 29.1 Å². The van der Waals surface area contributed by atoms with Crippen molar-refractivity contribution in [3.63, 3.8) is 0 Å². The van der Waals surface area contributed by atoms with Crippen molar-refractivity contribution in [1.82, 2.24) is 10.6 Å². The van der Waals surface area contributed by atoms with E-state index in [1.54, 1.807) is 14.2 Å². The van der Waals surface area contributed by atoms with Crippen LogP contribution in [0, 0.1) is 5.41 Å². The second-order valence-electron chi connectivity index (χ2n) is 6.29. The van der Waals surface area contributed by atoms with Gasteiger partial charge in [0.05, 0.1) is 17.6 Å². The van der Waals surface area contributed by atoms with Crippen LogP contribution in [0.2, 0.25) is 0 Å². The Morgan fingerprint density at radius 1 is 1.45 bits per heavy atom. The quantitative estimate of drug-likeness (QED) is 0.580. The molecule has 1 saturated heterocycles. The van der Waals surface area contributed by atoms with Gasteiger partial charge in [-0.3, -0.25) is 4.99 Å². The van der Waals surface area contributed by atoms with Gasteiger partial charge in [-0.15, -0.1) is 0 Å². The molecule has 0 saturated carbocycles. The van der Waals surface area contributed by atoms with Crippen LogP contribution in [0.1, 0.15) is 27.2 Å². The van der Waals surface area contributed by atoms with Crippen LogP contribution in [0.4, 0.5) is 0 Å². The molecule has 6 nitrogen and oxygen atoms in total. The van der Waals surface area contributed by atoms with Gasteiger partial charge in [-0.25, -0.2) is 8.42 Å². The van der Waals surface area contributed by atoms with Gasteiger partial charge in [-0.1, -0.05) is 20.8 Å². The SMILES string of the molecule is CN=C(NCC(OC)C(C)(C)C)NC1CCS(=O)(=O)C1. The lowest BCUT2D eigenvalue weighted by molar-refractivity contribution is 0.0205. The smallest absolute Gasteiger partial charge is 0.191 e. The van der Waals surface area contributed by atoms with E-state index in [9.17, 15) is 8.42 Å². The molecule has 2 atom stereocenters. The van der Waals surface area contributed by atoms with Crippen LogP contribution in [-0.4, -0.2) is 58.7 Å². The van der Waals surface area contributed by atoms with Crippen LogP contribution in [0.15, 0.2) is 4.99 Å². The minimum atomic E-state index is -2.88. The number of sulfone groups is 1. The molecule has 7 heteroatoms. The number of aliphatic imine (C=N–C) groups is 1. The molecule has 1 aliphatic rings. The van der Waals surface area contributed by atoms with Gasteiger partial charge < -0.3 is 15.4 Å². The Kier molecular flexibility index (Phi) is 5.82. The molecule has 0 aromatic rings. The number of rotatable bonds is 4. The van der Waals surface area contributed by atoms with E-state index in [2.05, 4.69) is 36.4 Å². The van der Waals surface area contributed by atoms with Gasteiger partial charge in [0.1, 0.15) is 0 Å². The molecule has 0 amide bonds. The molecule has 0 bridgehead atoms. The zero-order valence-corrected chi connectivity index (χ0v) is 13.9. The van der Waals surface area contributed by atoms with Crippen LogP contribution in [0.3, 0.4) is 0 Å². The highest BCUT2D eigenvalue weighted by Gasteiger charge is 2.29. The van der Waals surface area contributed by atoms with Crippen molar-refractivity contribution in [3.05, 3.63) is 0 Å². The zero-order valence-electron chi connectivity index (χ0n) is 13.1. The number of hydrogen-bond donors (Lipinski definition) is 2. The highest BCUT2D eigenvalue weighted by atomic mass is 32.2. The molecule has 118 valence electrons. The lowest BCUT2D eigenvalue weighted by atomic mass is 9.89. The van der Waals surface area contributed by atoms with Gasteiger partial charge >= 0.3 is 0 Å². The summed E-state index contributed by atoms with van der Waals surface area (Å²) in [5.41, 5.74) is 0.0251. The van der Waals surface area contributed by atoms with E-state index in [0.29, 0.717) is 18.9 Å². The van der Waals surface area contributed by atoms with Crippen LogP contribution >= 0.6 is 0 Å². The first kappa shape index (κ1) is 17.2. The number of ether oxygens (including phenoxy) is 1. The summed E-state index contributed by atoms with van der Waals surface area (Å²) in [4.78, 5) is 4.13. The van der Waals surface area contributed by atoms with Gasteiger partial charge in [0.2, 0.25) is 0 Å². The maximum absolute atomic E-state index is 11.4. The maximum Gasteiger partial charge on any atom is 0.191 e. The molecule has 1 rings (SSSR count). The average Bonchev–Trinajstić information content (AvgIpc) is 2.66. The van der Waals surface area contributed by atoms with Crippen molar-refractivity contribution in [2.24, 2.45) is 10.4 Å². The molecule has 1 heterocycles. The molecule has 1 fully saturated rings. The highest BCUT2D eigenvalue weighted by Crippen LogP contribution is 2.20. The van der Waals surface area contributed by atoms with Crippen LogP contribution in [0.25, 0.3) is 0 Å². The molecular formula is C13H27N3O3S. The molecule has 1 aliphatic heterocycles. The number of methoxy groups -OCH3 is 1. The second kappa shape index (κ2) is 6.76. The fraction of sp³-hybridized carbons (Fsp3) is 0.923. The largest absolute Gasteiger partial charge is 0.379 e. The lowest BCUT2D eigenvalue weighted by Gasteiger charge is -2.30. The molecule has 2 N–H and O–H groups in total. The van der Waals surface area contributed by atoms with E-state index in [1.165, 1.54) is 0 Å². The third kappa shape index (κ3) is 5.28. The first-order chi connectivity index (χ1) is 9.18. The Morgan fingerprint density at radius 2 is 2.10 bits per heavy atom. The number of nitrogens with zero attached hydrogens (tertiary/aromatic N) is 1. The highest BCUT2D eigenvalue weighted by molar-refractivity contribution is 7.91. The predicted octanol–water partition coefficient (Wildman–Crippen LogP) is 0.400. The van der Waals surface area contributed by atoms with Crippen molar-refractivity contribution < 1.29 is 13.2 Å². The summed E-state index contributed by atoms with van der Waals surface area (Å²) in [6, 6.07) is -0.0539. The van der Waals surface area contributed by atoms with Gasteiger partial charge in [-0.2, -0.15) is 0 Å². The molecule has 0 aliphatic carbocycles. The van der Waals surface area contributed by atoms with Crippen LogP contribution in [-0.2, 0) is 14.6 Å². The summed E-state index contributed by atoms with van der Waals surface area (Å²) < 4.78 is 28.3. The van der Waals surface area contributed by atoms with Crippen molar-refractivity contribution in [1.29, 1.82) is 0 Å². The Morgan fingerprint density at radius 3 is 2.50 bits per heavy atom. The molecule has 0 spiro atoms. The fourth-order valence-corrected chi connectivity index (χ4v) is 3.90. The first-order valence-electron chi connectivity index (χ1n) is 6.88. The Balaban J connectivity index is 2.49. The number of hydrogen-bond acceptors (Lipinski definition) is 4. The van der Waals surface area contributed by atoms with E-state index in [0.717, 1.165) is 0 Å². The maximum atomic E-state index is 11.4. The summed E-state index contributed by atoms with van der Waals surface area (Å²) in [6.07, 6.45) is 0.684. The number of nitrogens with one attached hydrogen (secondary N) is 2. The molecule has 2 unspecified atom stereocenters. The first-order valence-corrected chi connectivity index (χ1v) is 8.70. The molecule has 0 aromatic heterocycles. The molecule has 0 radical (unpaired) electrons. The summed E-state index contributed by atoms with van der Waals surface area (Å²) in [6.45, 7) is 6.97. The summed E-state index contributed by atoms with van der Waals surface area (Å²) in [5.74, 6) is 1.06. The monoisotopic (exact) mass is 305 g/mol. The topological polar surface area (TPSA) is 79.8 Å². The van der Waals surface area contributed by atoms with Crippen molar-refractivity contribution in [2.75, 3.05) is 32.2 Å². The van der Waals surface area contributed by atoms with Crippen molar-refractivity contribution >= 4 is 15.8 Å². The summed E-state index contributed by atoms with van der Waals surface area (Å²) in [5, 5.41) is 6.36. The van der Waals surface area contributed by atoms with Gasteiger partial charge in [-0.05, 0) is 11.8 Å². The predicted molar refractivity (Wildman–Crippen MR) is 81.8 cm³/mol. The molecule has 20 heavy (non-hydrogen) atoms. The zero-order chi connectivity index (χ0) is 15.4. The third-order valence-corrected chi connectivity index (χ3v) is 5.27. The van der Waals surface area contributed by atoms with Gasteiger partial charge in [0.15, 0.2) is 15.8 Å². The minimum absolute atomic E-state index is 0.0251. The van der Waals surface area contributed by atoms with Crippen LogP contribution < -0.4 is 10.6 Å². The van der Waals surface area contributed by atoms with Crippen molar-refractivity contribution in [2.45, 2.75) is 39.3 Å². The summed E-state index contributed by atoms with van der Waals surface area (Å²) >= 11 is 0. The second-order valence-corrected chi connectivity index (χ2v) is 8.52. The Hall–Kier alpha value is -0.820. The fourth-order valence-electron chi connectivity index (χ4n) is 2.23. The minimum Gasteiger partial charge on any atom is -0.379 e. The van der Waals surface area contributed by atoms with E-state index in [4.69, 9.17) is 4.74 Å². The molecular weight excluding hydrogens is 278 g/mol. The Labute approximate surface area is 122 Å². The van der Waals surface area contributed by atoms with Crippen LogP contribution in [0.5, 0.6) is 0 Å². The van der Waals surface area contributed by atoms with Gasteiger partial charge in [0.25, 0.3) is 0 Å². The summed E-state index contributed by atoms with van der Waals surface area (Å²) in [7, 11) is 0.492. The number of guanidine groups is 1. The van der Waals surface area contributed by atoms with E-state index < -0.39 is 9.84 Å². The third-order valence-electron chi connectivity index (χ3n) is 3.50. The van der Waals surface area contributed by atoms with E-state index >= 15 is 0 Å².